The second kappa shape index (κ2) is 8.41. The van der Waals surface area contributed by atoms with E-state index in [9.17, 15) is 8.42 Å². The van der Waals surface area contributed by atoms with Crippen molar-refractivity contribution in [1.29, 1.82) is 0 Å². The van der Waals surface area contributed by atoms with E-state index >= 15 is 0 Å². The van der Waals surface area contributed by atoms with Crippen molar-refractivity contribution in [2.24, 2.45) is 0 Å². The number of anilines is 3. The van der Waals surface area contributed by atoms with Crippen molar-refractivity contribution in [3.8, 4) is 5.75 Å². The van der Waals surface area contributed by atoms with Gasteiger partial charge in [-0.1, -0.05) is 29.3 Å². The summed E-state index contributed by atoms with van der Waals surface area (Å²) in [5, 5.41) is 3.59. The SMILES string of the molecule is COc1ccc2nc(NS(=O)(=O)c3ccc(Cl)cc3)c(Nc3ccc(C)cc3)nc2c1. The molecule has 0 bridgehead atoms. The van der Waals surface area contributed by atoms with E-state index in [4.69, 9.17) is 16.3 Å². The minimum Gasteiger partial charge on any atom is -0.497 e. The van der Waals surface area contributed by atoms with Gasteiger partial charge in [-0.15, -0.1) is 0 Å². The number of aryl methyl sites for hydroxylation is 1. The van der Waals surface area contributed by atoms with Crippen LogP contribution in [0.3, 0.4) is 0 Å². The first-order valence-corrected chi connectivity index (χ1v) is 11.2. The number of nitrogens with zero attached hydrogens (tertiary/aromatic N) is 2. The zero-order valence-electron chi connectivity index (χ0n) is 16.8. The van der Waals surface area contributed by atoms with Crippen LogP contribution in [0.4, 0.5) is 17.3 Å². The molecule has 9 heteroatoms. The summed E-state index contributed by atoms with van der Waals surface area (Å²) in [5.74, 6) is 0.966. The van der Waals surface area contributed by atoms with Crippen molar-refractivity contribution in [1.82, 2.24) is 9.97 Å². The number of nitrogens with one attached hydrogen (secondary N) is 2. The second-order valence-corrected chi connectivity index (χ2v) is 8.94. The highest BCUT2D eigenvalue weighted by Gasteiger charge is 2.19. The molecule has 158 valence electrons. The van der Waals surface area contributed by atoms with Crippen molar-refractivity contribution in [3.63, 3.8) is 0 Å². The van der Waals surface area contributed by atoms with Crippen LogP contribution in [0.15, 0.2) is 71.6 Å². The molecule has 1 heterocycles. The lowest BCUT2D eigenvalue weighted by Gasteiger charge is -2.14. The Balaban J connectivity index is 1.79. The van der Waals surface area contributed by atoms with Crippen LogP contribution < -0.4 is 14.8 Å². The summed E-state index contributed by atoms with van der Waals surface area (Å²) in [6.07, 6.45) is 0. The van der Waals surface area contributed by atoms with Gasteiger partial charge in [0.2, 0.25) is 0 Å². The zero-order valence-corrected chi connectivity index (χ0v) is 18.3. The Hall–Kier alpha value is -3.36. The fourth-order valence-electron chi connectivity index (χ4n) is 2.89. The third kappa shape index (κ3) is 4.70. The molecule has 0 saturated heterocycles. The van der Waals surface area contributed by atoms with Gasteiger partial charge < -0.3 is 10.1 Å². The molecule has 4 rings (SSSR count). The van der Waals surface area contributed by atoms with Crippen LogP contribution in [-0.2, 0) is 10.0 Å². The number of benzene rings is 3. The number of hydrogen-bond acceptors (Lipinski definition) is 6. The van der Waals surface area contributed by atoms with Gasteiger partial charge in [-0.2, -0.15) is 0 Å². The Bertz CT molecular complexity index is 1340. The fraction of sp³-hybridized carbons (Fsp3) is 0.0909. The van der Waals surface area contributed by atoms with Crippen molar-refractivity contribution < 1.29 is 13.2 Å². The van der Waals surface area contributed by atoms with Crippen molar-refractivity contribution in [3.05, 3.63) is 77.3 Å². The normalized spacial score (nSPS) is 11.3. The van der Waals surface area contributed by atoms with Gasteiger partial charge in [0.25, 0.3) is 10.0 Å². The van der Waals surface area contributed by atoms with E-state index in [1.54, 1.807) is 25.3 Å². The van der Waals surface area contributed by atoms with Gasteiger partial charge in [0.15, 0.2) is 11.6 Å². The van der Waals surface area contributed by atoms with Crippen LogP contribution in [0, 0.1) is 6.92 Å². The summed E-state index contributed by atoms with van der Waals surface area (Å²) < 4.78 is 33.7. The molecular formula is C22H19ClN4O3S. The Labute approximate surface area is 185 Å². The molecule has 0 aliphatic heterocycles. The molecular weight excluding hydrogens is 436 g/mol. The highest BCUT2D eigenvalue weighted by molar-refractivity contribution is 7.92. The Morgan fingerprint density at radius 2 is 1.55 bits per heavy atom. The quantitative estimate of drug-likeness (QED) is 0.418. The summed E-state index contributed by atoms with van der Waals surface area (Å²) in [6, 6.07) is 18.7. The first-order chi connectivity index (χ1) is 14.8. The molecule has 0 radical (unpaired) electrons. The number of fused-ring (bicyclic) bond motifs is 1. The van der Waals surface area contributed by atoms with Crippen molar-refractivity contribution in [2.75, 3.05) is 17.1 Å². The Kier molecular flexibility index (Phi) is 5.67. The predicted molar refractivity (Wildman–Crippen MR) is 123 cm³/mol. The number of hydrogen-bond donors (Lipinski definition) is 2. The molecule has 2 N–H and O–H groups in total. The second-order valence-electron chi connectivity index (χ2n) is 6.83. The van der Waals surface area contributed by atoms with Gasteiger partial charge in [0, 0.05) is 16.8 Å². The molecule has 0 spiro atoms. The van der Waals surface area contributed by atoms with Crippen LogP contribution in [0.2, 0.25) is 5.02 Å². The van der Waals surface area contributed by atoms with Gasteiger partial charge in [-0.25, -0.2) is 18.4 Å². The average molecular weight is 455 g/mol. The summed E-state index contributed by atoms with van der Waals surface area (Å²) in [4.78, 5) is 9.15. The van der Waals surface area contributed by atoms with Gasteiger partial charge in [0.05, 0.1) is 23.0 Å². The molecule has 0 aliphatic rings. The Morgan fingerprint density at radius 1 is 0.871 bits per heavy atom. The largest absolute Gasteiger partial charge is 0.497 e. The van der Waals surface area contributed by atoms with E-state index in [0.29, 0.717) is 21.8 Å². The fourth-order valence-corrected chi connectivity index (χ4v) is 4.03. The standard InChI is InChI=1S/C22H19ClN4O3S/c1-14-3-7-16(8-4-14)24-21-22(25-19-12-9-17(30-2)13-20(19)26-21)27-31(28,29)18-10-5-15(23)6-11-18/h3-13H,1-2H3,(H,24,26)(H,25,27). The Morgan fingerprint density at radius 3 is 2.23 bits per heavy atom. The highest BCUT2D eigenvalue weighted by atomic mass is 35.5. The maximum absolute atomic E-state index is 12.9. The van der Waals surface area contributed by atoms with E-state index in [1.165, 1.54) is 24.3 Å². The van der Waals surface area contributed by atoms with Gasteiger partial charge in [-0.3, -0.25) is 4.72 Å². The van der Waals surface area contributed by atoms with Crippen molar-refractivity contribution >= 4 is 50.0 Å². The van der Waals surface area contributed by atoms with E-state index in [2.05, 4.69) is 20.0 Å². The maximum Gasteiger partial charge on any atom is 0.263 e. The third-order valence-electron chi connectivity index (χ3n) is 4.54. The van der Waals surface area contributed by atoms with Gasteiger partial charge >= 0.3 is 0 Å². The van der Waals surface area contributed by atoms with Gasteiger partial charge in [0.1, 0.15) is 5.75 Å². The van der Waals surface area contributed by atoms with Crippen LogP contribution in [0.1, 0.15) is 5.56 Å². The number of rotatable bonds is 6. The van der Waals surface area contributed by atoms with Crippen LogP contribution in [0.5, 0.6) is 5.75 Å². The number of sulfonamides is 1. The minimum atomic E-state index is -3.91. The van der Waals surface area contributed by atoms with Crippen molar-refractivity contribution in [2.45, 2.75) is 11.8 Å². The smallest absolute Gasteiger partial charge is 0.263 e. The molecule has 31 heavy (non-hydrogen) atoms. The molecule has 0 saturated carbocycles. The number of ether oxygens (including phenoxy) is 1. The number of aromatic nitrogens is 2. The average Bonchev–Trinajstić information content (AvgIpc) is 2.75. The molecule has 1 aromatic heterocycles. The summed E-state index contributed by atoms with van der Waals surface area (Å²) in [7, 11) is -2.34. The topological polar surface area (TPSA) is 93.2 Å². The third-order valence-corrected chi connectivity index (χ3v) is 6.15. The number of methoxy groups -OCH3 is 1. The molecule has 0 atom stereocenters. The lowest BCUT2D eigenvalue weighted by atomic mass is 10.2. The predicted octanol–water partition coefficient (Wildman–Crippen LogP) is 5.14. The maximum atomic E-state index is 12.9. The van der Waals surface area contributed by atoms with Crippen LogP contribution >= 0.6 is 11.6 Å². The van der Waals surface area contributed by atoms with Crippen LogP contribution in [-0.4, -0.2) is 25.5 Å². The molecule has 0 fully saturated rings. The highest BCUT2D eigenvalue weighted by Crippen LogP contribution is 2.29. The van der Waals surface area contributed by atoms with E-state index < -0.39 is 10.0 Å². The van der Waals surface area contributed by atoms with E-state index in [1.807, 2.05) is 31.2 Å². The minimum absolute atomic E-state index is 0.0646. The monoisotopic (exact) mass is 454 g/mol. The summed E-state index contributed by atoms with van der Waals surface area (Å²) >= 11 is 5.88. The zero-order chi connectivity index (χ0) is 22.0. The summed E-state index contributed by atoms with van der Waals surface area (Å²) in [6.45, 7) is 1.98. The molecule has 7 nitrogen and oxygen atoms in total. The lowest BCUT2D eigenvalue weighted by molar-refractivity contribution is 0.415. The van der Waals surface area contributed by atoms with E-state index in [0.717, 1.165) is 11.3 Å². The number of halogens is 1. The van der Waals surface area contributed by atoms with E-state index in [-0.39, 0.29) is 16.5 Å². The molecule has 0 aliphatic carbocycles. The summed E-state index contributed by atoms with van der Waals surface area (Å²) in [5.41, 5.74) is 2.92. The lowest BCUT2D eigenvalue weighted by Crippen LogP contribution is -2.16. The first-order valence-electron chi connectivity index (χ1n) is 9.32. The molecule has 0 unspecified atom stereocenters. The first kappa shape index (κ1) is 20.9. The van der Waals surface area contributed by atoms with Crippen LogP contribution in [0.25, 0.3) is 11.0 Å². The molecule has 0 amide bonds. The van der Waals surface area contributed by atoms with Gasteiger partial charge in [-0.05, 0) is 55.5 Å². The molecule has 4 aromatic rings. The molecule has 3 aromatic carbocycles.